The maximum atomic E-state index is 12.5. The average Bonchev–Trinajstić information content (AvgIpc) is 3.24. The van der Waals surface area contributed by atoms with Crippen LogP contribution in [0, 0.1) is 5.41 Å². The highest BCUT2D eigenvalue weighted by Crippen LogP contribution is 2.55. The number of carbonyl (C=O) groups is 1. The number of aromatic nitrogens is 2. The monoisotopic (exact) mass is 486 g/mol. The lowest BCUT2D eigenvalue weighted by atomic mass is 9.65. The SMILES string of the molecule is CC(C)(C)OC(=O)N1CCC2(CC(n3c(N)nc4ccc(CO[Si](C)(C)C(C)(C)C)cc43)C2)C1. The molecule has 4 rings (SSSR count). The quantitative estimate of drug-likeness (QED) is 0.528. The van der Waals surface area contributed by atoms with Crippen LogP contribution in [0.4, 0.5) is 10.7 Å². The van der Waals surface area contributed by atoms with Gasteiger partial charge in [-0.2, -0.15) is 0 Å². The van der Waals surface area contributed by atoms with Gasteiger partial charge >= 0.3 is 6.09 Å². The second-order valence-corrected chi connectivity index (χ2v) is 17.7. The minimum absolute atomic E-state index is 0.160. The van der Waals surface area contributed by atoms with Crippen LogP contribution in [-0.2, 0) is 15.8 Å². The largest absolute Gasteiger partial charge is 0.444 e. The van der Waals surface area contributed by atoms with Crippen molar-refractivity contribution in [3.8, 4) is 0 Å². The van der Waals surface area contributed by atoms with E-state index in [-0.39, 0.29) is 16.5 Å². The van der Waals surface area contributed by atoms with E-state index >= 15 is 0 Å². The average molecular weight is 487 g/mol. The zero-order valence-corrected chi connectivity index (χ0v) is 23.2. The molecule has 1 spiro atoms. The minimum Gasteiger partial charge on any atom is -0.444 e. The molecule has 0 unspecified atom stereocenters. The molecule has 0 bridgehead atoms. The highest BCUT2D eigenvalue weighted by Gasteiger charge is 2.51. The standard InChI is InChI=1S/C26H42N4O3Si/c1-24(2,3)33-23(31)29-12-11-26(17-29)14-19(15-26)30-21-13-18(9-10-20(21)28-22(30)27)16-32-34(7,8)25(4,5)6/h9-10,13,19H,11-12,14-17H2,1-8H3,(H2,27,28). The molecule has 1 amide bonds. The third kappa shape index (κ3) is 4.84. The number of amides is 1. The molecular weight excluding hydrogens is 444 g/mol. The zero-order valence-electron chi connectivity index (χ0n) is 22.2. The van der Waals surface area contributed by atoms with Crippen LogP contribution in [0.1, 0.15) is 72.4 Å². The van der Waals surface area contributed by atoms with Gasteiger partial charge in [0.25, 0.3) is 0 Å². The third-order valence-electron chi connectivity index (χ3n) is 7.98. The molecule has 1 aliphatic heterocycles. The van der Waals surface area contributed by atoms with E-state index in [1.807, 2.05) is 25.7 Å². The van der Waals surface area contributed by atoms with Crippen molar-refractivity contribution in [3.63, 3.8) is 0 Å². The van der Waals surface area contributed by atoms with Crippen LogP contribution in [0.2, 0.25) is 18.1 Å². The lowest BCUT2D eigenvalue weighted by Crippen LogP contribution is -2.43. The smallest absolute Gasteiger partial charge is 0.410 e. The van der Waals surface area contributed by atoms with Crippen molar-refractivity contribution in [2.45, 2.75) is 97.2 Å². The zero-order chi connectivity index (χ0) is 25.1. The molecule has 1 aromatic heterocycles. The summed E-state index contributed by atoms with van der Waals surface area (Å²) in [5.41, 5.74) is 9.25. The number of nitrogens with zero attached hydrogens (tertiary/aromatic N) is 3. The highest BCUT2D eigenvalue weighted by molar-refractivity contribution is 6.74. The molecule has 1 saturated heterocycles. The molecule has 1 aliphatic carbocycles. The molecule has 7 nitrogen and oxygen atoms in total. The summed E-state index contributed by atoms with van der Waals surface area (Å²) in [7, 11) is -1.82. The lowest BCUT2D eigenvalue weighted by Gasteiger charge is -2.46. The van der Waals surface area contributed by atoms with Crippen molar-refractivity contribution >= 4 is 31.4 Å². The second-order valence-electron chi connectivity index (χ2n) is 12.9. The molecule has 1 saturated carbocycles. The normalized spacial score (nSPS) is 23.5. The molecule has 8 heteroatoms. The number of benzene rings is 1. The Labute approximate surface area is 205 Å². The van der Waals surface area contributed by atoms with Crippen LogP contribution in [-0.4, -0.2) is 47.6 Å². The summed E-state index contributed by atoms with van der Waals surface area (Å²) in [6.45, 7) is 19.2. The van der Waals surface area contributed by atoms with Gasteiger partial charge in [-0.1, -0.05) is 26.8 Å². The fourth-order valence-electron chi connectivity index (χ4n) is 4.98. The molecule has 2 N–H and O–H groups in total. The van der Waals surface area contributed by atoms with E-state index in [1.54, 1.807) is 0 Å². The first kappa shape index (κ1) is 25.0. The highest BCUT2D eigenvalue weighted by atomic mass is 28.4. The molecule has 2 fully saturated rings. The first-order valence-electron chi connectivity index (χ1n) is 12.5. The Hall–Kier alpha value is -2.06. The number of likely N-dealkylation sites (tertiary alicyclic amines) is 1. The van der Waals surface area contributed by atoms with Crippen molar-refractivity contribution < 1.29 is 14.0 Å². The van der Waals surface area contributed by atoms with Crippen molar-refractivity contribution in [2.24, 2.45) is 5.41 Å². The first-order chi connectivity index (χ1) is 15.6. The van der Waals surface area contributed by atoms with Gasteiger partial charge in [0, 0.05) is 19.1 Å². The van der Waals surface area contributed by atoms with E-state index in [4.69, 9.17) is 14.9 Å². The molecule has 0 atom stereocenters. The number of nitrogens with two attached hydrogens (primary N) is 1. The van der Waals surface area contributed by atoms with Gasteiger partial charge in [-0.15, -0.1) is 0 Å². The van der Waals surface area contributed by atoms with E-state index < -0.39 is 13.9 Å². The number of hydrogen-bond acceptors (Lipinski definition) is 5. The topological polar surface area (TPSA) is 82.6 Å². The number of nitrogen functional groups attached to an aromatic ring is 1. The van der Waals surface area contributed by atoms with Gasteiger partial charge in [0.1, 0.15) is 5.60 Å². The molecule has 34 heavy (non-hydrogen) atoms. The summed E-state index contributed by atoms with van der Waals surface area (Å²) in [5, 5.41) is 0.179. The van der Waals surface area contributed by atoms with Crippen LogP contribution >= 0.6 is 0 Å². The lowest BCUT2D eigenvalue weighted by molar-refractivity contribution is 0.0200. The van der Waals surface area contributed by atoms with E-state index in [2.05, 4.69) is 61.6 Å². The van der Waals surface area contributed by atoms with Gasteiger partial charge in [-0.25, -0.2) is 9.78 Å². The van der Waals surface area contributed by atoms with Gasteiger partial charge < -0.3 is 24.4 Å². The van der Waals surface area contributed by atoms with Crippen molar-refractivity contribution in [1.29, 1.82) is 0 Å². The number of hydrogen-bond donors (Lipinski definition) is 1. The molecular formula is C26H42N4O3Si. The summed E-state index contributed by atoms with van der Waals surface area (Å²) in [5.74, 6) is 0.569. The predicted octanol–water partition coefficient (Wildman–Crippen LogP) is 6.10. The molecule has 188 valence electrons. The van der Waals surface area contributed by atoms with Crippen LogP contribution in [0.25, 0.3) is 11.0 Å². The Kier molecular flexibility index (Phi) is 6.08. The summed E-state index contributed by atoms with van der Waals surface area (Å²) in [6.07, 6.45) is 2.83. The van der Waals surface area contributed by atoms with Crippen LogP contribution in [0.3, 0.4) is 0 Å². The number of ether oxygens (including phenoxy) is 1. The maximum Gasteiger partial charge on any atom is 0.410 e. The van der Waals surface area contributed by atoms with Gasteiger partial charge in [0.2, 0.25) is 5.95 Å². The van der Waals surface area contributed by atoms with Crippen LogP contribution in [0.15, 0.2) is 18.2 Å². The molecule has 1 aromatic carbocycles. The maximum absolute atomic E-state index is 12.5. The van der Waals surface area contributed by atoms with Crippen LogP contribution < -0.4 is 5.73 Å². The molecule has 2 heterocycles. The summed E-state index contributed by atoms with van der Waals surface area (Å²) in [6, 6.07) is 6.66. The second kappa shape index (κ2) is 8.26. The van der Waals surface area contributed by atoms with E-state index in [9.17, 15) is 4.79 Å². The third-order valence-corrected chi connectivity index (χ3v) is 12.5. The van der Waals surface area contributed by atoms with E-state index in [0.717, 1.165) is 48.9 Å². The molecule has 2 aromatic rings. The minimum atomic E-state index is -1.82. The van der Waals surface area contributed by atoms with E-state index in [0.29, 0.717) is 18.6 Å². The van der Waals surface area contributed by atoms with Gasteiger partial charge in [0.15, 0.2) is 8.32 Å². The first-order valence-corrected chi connectivity index (χ1v) is 15.4. The molecule has 2 aliphatic rings. The van der Waals surface area contributed by atoms with Gasteiger partial charge in [0.05, 0.1) is 17.6 Å². The summed E-state index contributed by atoms with van der Waals surface area (Å²) < 4.78 is 14.2. The fourth-order valence-corrected chi connectivity index (χ4v) is 5.94. The Bertz CT molecular complexity index is 1070. The number of anilines is 1. The van der Waals surface area contributed by atoms with E-state index in [1.165, 1.54) is 0 Å². The molecule has 0 radical (unpaired) electrons. The van der Waals surface area contributed by atoms with Gasteiger partial charge in [-0.05, 0) is 81.3 Å². The fraction of sp³-hybridized carbons (Fsp3) is 0.692. The number of carbonyl (C=O) groups excluding carboxylic acids is 1. The van der Waals surface area contributed by atoms with Crippen molar-refractivity contribution in [2.75, 3.05) is 18.8 Å². The predicted molar refractivity (Wildman–Crippen MR) is 139 cm³/mol. The van der Waals surface area contributed by atoms with Gasteiger partial charge in [-0.3, -0.25) is 0 Å². The number of fused-ring (bicyclic) bond motifs is 1. The van der Waals surface area contributed by atoms with Crippen LogP contribution in [0.5, 0.6) is 0 Å². The number of rotatable bonds is 4. The Morgan fingerprint density at radius 1 is 1.21 bits per heavy atom. The Balaban J connectivity index is 1.46. The Morgan fingerprint density at radius 3 is 2.50 bits per heavy atom. The number of imidazole rings is 1. The Morgan fingerprint density at radius 2 is 1.88 bits per heavy atom. The van der Waals surface area contributed by atoms with Crippen molar-refractivity contribution in [3.05, 3.63) is 23.8 Å². The summed E-state index contributed by atoms with van der Waals surface area (Å²) >= 11 is 0. The summed E-state index contributed by atoms with van der Waals surface area (Å²) in [4.78, 5) is 19.0. The van der Waals surface area contributed by atoms with Crippen molar-refractivity contribution in [1.82, 2.24) is 14.5 Å².